The number of carbonyl (C=O) groups excluding carboxylic acids is 1. The summed E-state index contributed by atoms with van der Waals surface area (Å²) in [7, 11) is 0. The van der Waals surface area contributed by atoms with E-state index in [1.54, 1.807) is 0 Å². The maximum Gasteiger partial charge on any atom is 0.227 e. The van der Waals surface area contributed by atoms with Crippen molar-refractivity contribution >= 4 is 5.91 Å². The SMILES string of the molecule is Cc1ccccc1CC(=O)N1CC2CCCC(N)C2C1. The van der Waals surface area contributed by atoms with Crippen LogP contribution in [0.5, 0.6) is 0 Å². The van der Waals surface area contributed by atoms with Crippen LogP contribution in [0.15, 0.2) is 24.3 Å². The number of nitrogens with zero attached hydrogens (tertiary/aromatic N) is 1. The molecule has 1 amide bonds. The van der Waals surface area contributed by atoms with Gasteiger partial charge in [-0.1, -0.05) is 30.7 Å². The number of aryl methyl sites for hydroxylation is 1. The molecule has 108 valence electrons. The van der Waals surface area contributed by atoms with E-state index in [1.165, 1.54) is 18.4 Å². The predicted molar refractivity (Wildman–Crippen MR) is 80.3 cm³/mol. The second-order valence-electron chi connectivity index (χ2n) is 6.42. The molecule has 1 aliphatic carbocycles. The largest absolute Gasteiger partial charge is 0.342 e. The van der Waals surface area contributed by atoms with Crippen molar-refractivity contribution < 1.29 is 4.79 Å². The van der Waals surface area contributed by atoms with Crippen LogP contribution < -0.4 is 5.73 Å². The zero-order valence-corrected chi connectivity index (χ0v) is 12.2. The summed E-state index contributed by atoms with van der Waals surface area (Å²) in [6.07, 6.45) is 4.12. The Kier molecular flexibility index (Phi) is 3.79. The van der Waals surface area contributed by atoms with Gasteiger partial charge in [-0.3, -0.25) is 4.79 Å². The topological polar surface area (TPSA) is 46.3 Å². The third kappa shape index (κ3) is 2.59. The molecule has 0 spiro atoms. The molecule has 2 N–H and O–H groups in total. The molecule has 20 heavy (non-hydrogen) atoms. The van der Waals surface area contributed by atoms with Gasteiger partial charge in [0.25, 0.3) is 0 Å². The second-order valence-corrected chi connectivity index (χ2v) is 6.42. The van der Waals surface area contributed by atoms with Crippen LogP contribution >= 0.6 is 0 Å². The second kappa shape index (κ2) is 5.57. The molecule has 0 bridgehead atoms. The average Bonchev–Trinajstić information content (AvgIpc) is 2.87. The number of nitrogens with two attached hydrogens (primary N) is 1. The van der Waals surface area contributed by atoms with Crippen molar-refractivity contribution in [3.8, 4) is 0 Å². The lowest BCUT2D eigenvalue weighted by molar-refractivity contribution is -0.129. The van der Waals surface area contributed by atoms with Crippen LogP contribution in [0.25, 0.3) is 0 Å². The number of amides is 1. The predicted octanol–water partition coefficient (Wildman–Crippen LogP) is 2.12. The molecule has 3 atom stereocenters. The summed E-state index contributed by atoms with van der Waals surface area (Å²) in [5.41, 5.74) is 8.57. The van der Waals surface area contributed by atoms with Gasteiger partial charge in [0.05, 0.1) is 6.42 Å². The highest BCUT2D eigenvalue weighted by Gasteiger charge is 2.40. The monoisotopic (exact) mass is 272 g/mol. The minimum absolute atomic E-state index is 0.265. The van der Waals surface area contributed by atoms with E-state index in [9.17, 15) is 4.79 Å². The van der Waals surface area contributed by atoms with Crippen molar-refractivity contribution in [3.63, 3.8) is 0 Å². The molecule has 0 aromatic heterocycles. The highest BCUT2D eigenvalue weighted by atomic mass is 16.2. The Morgan fingerprint density at radius 1 is 1.30 bits per heavy atom. The summed E-state index contributed by atoms with van der Waals surface area (Å²) in [6, 6.07) is 8.46. The highest BCUT2D eigenvalue weighted by molar-refractivity contribution is 5.79. The highest BCUT2D eigenvalue weighted by Crippen LogP contribution is 2.35. The number of carbonyl (C=O) groups is 1. The maximum absolute atomic E-state index is 12.5. The molecule has 2 fully saturated rings. The Bertz CT molecular complexity index is 500. The molecule has 1 aliphatic heterocycles. The molecule has 1 heterocycles. The normalized spacial score (nSPS) is 29.3. The van der Waals surface area contributed by atoms with Gasteiger partial charge < -0.3 is 10.6 Å². The molecular weight excluding hydrogens is 248 g/mol. The van der Waals surface area contributed by atoms with Gasteiger partial charge in [0.1, 0.15) is 0 Å². The zero-order valence-electron chi connectivity index (χ0n) is 12.2. The molecule has 2 aliphatic rings. The smallest absolute Gasteiger partial charge is 0.227 e. The molecule has 3 unspecified atom stereocenters. The van der Waals surface area contributed by atoms with Gasteiger partial charge in [-0.15, -0.1) is 0 Å². The Morgan fingerprint density at radius 3 is 2.85 bits per heavy atom. The van der Waals surface area contributed by atoms with Gasteiger partial charge in [0.15, 0.2) is 0 Å². The molecule has 3 rings (SSSR count). The minimum Gasteiger partial charge on any atom is -0.342 e. The van der Waals surface area contributed by atoms with Crippen LogP contribution in [-0.4, -0.2) is 29.9 Å². The van der Waals surface area contributed by atoms with E-state index >= 15 is 0 Å². The minimum atomic E-state index is 0.265. The van der Waals surface area contributed by atoms with Gasteiger partial charge in [-0.2, -0.15) is 0 Å². The fourth-order valence-electron chi connectivity index (χ4n) is 3.80. The van der Waals surface area contributed by atoms with Crippen LogP contribution in [0.1, 0.15) is 30.4 Å². The number of fused-ring (bicyclic) bond motifs is 1. The Hall–Kier alpha value is -1.35. The number of benzene rings is 1. The third-order valence-corrected chi connectivity index (χ3v) is 5.11. The molecule has 3 nitrogen and oxygen atoms in total. The molecule has 1 aromatic rings. The molecule has 0 radical (unpaired) electrons. The van der Waals surface area contributed by atoms with Gasteiger partial charge in [-0.25, -0.2) is 0 Å². The quantitative estimate of drug-likeness (QED) is 0.896. The van der Waals surface area contributed by atoms with E-state index in [1.807, 2.05) is 17.0 Å². The summed E-state index contributed by atoms with van der Waals surface area (Å²) in [5, 5.41) is 0. The van der Waals surface area contributed by atoms with Gasteiger partial charge in [-0.05, 0) is 42.7 Å². The number of rotatable bonds is 2. The first kappa shape index (κ1) is 13.6. The van der Waals surface area contributed by atoms with E-state index < -0.39 is 0 Å². The molecule has 3 heteroatoms. The lowest BCUT2D eigenvalue weighted by Crippen LogP contribution is -2.38. The number of hydrogen-bond acceptors (Lipinski definition) is 2. The van der Waals surface area contributed by atoms with E-state index in [2.05, 4.69) is 19.1 Å². The molecule has 1 saturated heterocycles. The third-order valence-electron chi connectivity index (χ3n) is 5.11. The van der Waals surface area contributed by atoms with Gasteiger partial charge in [0, 0.05) is 19.1 Å². The van der Waals surface area contributed by atoms with E-state index in [4.69, 9.17) is 5.73 Å². The lowest BCUT2D eigenvalue weighted by Gasteiger charge is -2.29. The summed E-state index contributed by atoms with van der Waals surface area (Å²) in [6.45, 7) is 3.86. The first-order valence-corrected chi connectivity index (χ1v) is 7.73. The summed E-state index contributed by atoms with van der Waals surface area (Å²) >= 11 is 0. The summed E-state index contributed by atoms with van der Waals surface area (Å²) in [4.78, 5) is 14.6. The van der Waals surface area contributed by atoms with Crippen LogP contribution in [0.3, 0.4) is 0 Å². The van der Waals surface area contributed by atoms with Crippen molar-refractivity contribution in [2.24, 2.45) is 17.6 Å². The Morgan fingerprint density at radius 2 is 2.10 bits per heavy atom. The summed E-state index contributed by atoms with van der Waals surface area (Å²) < 4.78 is 0. The van der Waals surface area contributed by atoms with E-state index in [0.717, 1.165) is 25.1 Å². The Labute approximate surface area is 121 Å². The maximum atomic E-state index is 12.5. The standard InChI is InChI=1S/C17H24N2O/c1-12-5-2-3-6-13(12)9-17(20)19-10-14-7-4-8-16(18)15(14)11-19/h2-3,5-6,14-16H,4,7-11,18H2,1H3. The van der Waals surface area contributed by atoms with E-state index in [0.29, 0.717) is 24.3 Å². The van der Waals surface area contributed by atoms with Crippen molar-refractivity contribution in [2.75, 3.05) is 13.1 Å². The van der Waals surface area contributed by atoms with Gasteiger partial charge in [0.2, 0.25) is 5.91 Å². The van der Waals surface area contributed by atoms with Crippen molar-refractivity contribution in [1.29, 1.82) is 0 Å². The van der Waals surface area contributed by atoms with Crippen LogP contribution in [0.4, 0.5) is 0 Å². The van der Waals surface area contributed by atoms with Crippen LogP contribution in [0.2, 0.25) is 0 Å². The van der Waals surface area contributed by atoms with Crippen molar-refractivity contribution in [2.45, 2.75) is 38.6 Å². The molecular formula is C17H24N2O. The number of hydrogen-bond donors (Lipinski definition) is 1. The van der Waals surface area contributed by atoms with E-state index in [-0.39, 0.29) is 5.91 Å². The van der Waals surface area contributed by atoms with Crippen LogP contribution in [0, 0.1) is 18.8 Å². The Balaban J connectivity index is 1.66. The summed E-state index contributed by atoms with van der Waals surface area (Å²) in [5.74, 6) is 1.44. The average molecular weight is 272 g/mol. The van der Waals surface area contributed by atoms with Crippen molar-refractivity contribution in [3.05, 3.63) is 35.4 Å². The molecule has 1 aromatic carbocycles. The van der Waals surface area contributed by atoms with Gasteiger partial charge >= 0.3 is 0 Å². The van der Waals surface area contributed by atoms with Crippen LogP contribution in [-0.2, 0) is 11.2 Å². The first-order valence-electron chi connectivity index (χ1n) is 7.73. The zero-order chi connectivity index (χ0) is 14.1. The first-order chi connectivity index (χ1) is 9.65. The lowest BCUT2D eigenvalue weighted by atomic mass is 9.78. The fourth-order valence-corrected chi connectivity index (χ4v) is 3.80. The number of likely N-dealkylation sites (tertiary alicyclic amines) is 1. The molecule has 1 saturated carbocycles. The van der Waals surface area contributed by atoms with Crippen molar-refractivity contribution in [1.82, 2.24) is 4.90 Å². The fraction of sp³-hybridized carbons (Fsp3) is 0.588.